The molecule has 0 fully saturated rings. The zero-order chi connectivity index (χ0) is 19.8. The van der Waals surface area contributed by atoms with Gasteiger partial charge < -0.3 is 9.84 Å². The Morgan fingerprint density at radius 2 is 1.93 bits per heavy atom. The number of anilines is 1. The van der Waals surface area contributed by atoms with Crippen molar-refractivity contribution in [2.24, 2.45) is 0 Å². The van der Waals surface area contributed by atoms with Gasteiger partial charge in [0.05, 0.1) is 6.04 Å². The summed E-state index contributed by atoms with van der Waals surface area (Å²) >= 11 is 7.53. The average molecular weight is 424 g/mol. The zero-order valence-electron chi connectivity index (χ0n) is 15.2. The van der Waals surface area contributed by atoms with Gasteiger partial charge >= 0.3 is 0 Å². The van der Waals surface area contributed by atoms with E-state index in [0.717, 1.165) is 11.1 Å². The molecule has 8 nitrogen and oxygen atoms in total. The second kappa shape index (κ2) is 7.26. The van der Waals surface area contributed by atoms with Crippen LogP contribution >= 0.6 is 22.9 Å². The fraction of sp³-hybridized carbons (Fsp3) is 0.105. The standard InChI is InChI=1S/C19H14ClN7OS/c1-11(17-22-19(28-26-17)12-2-4-14(20)5-3-12)21-15-6-7-16-23-24-18(27(16)25-15)13-8-9-29-10-13/h2-11H,1H3,(H,21,25). The van der Waals surface area contributed by atoms with E-state index in [1.54, 1.807) is 28.0 Å². The summed E-state index contributed by atoms with van der Waals surface area (Å²) in [4.78, 5) is 4.48. The second-order valence-electron chi connectivity index (χ2n) is 6.35. The number of nitrogens with zero attached hydrogens (tertiary/aromatic N) is 6. The number of benzene rings is 1. The van der Waals surface area contributed by atoms with E-state index in [1.807, 2.05) is 48.0 Å². The van der Waals surface area contributed by atoms with Crippen LogP contribution in [0.25, 0.3) is 28.5 Å². The normalized spacial score (nSPS) is 12.3. The van der Waals surface area contributed by atoms with E-state index >= 15 is 0 Å². The summed E-state index contributed by atoms with van der Waals surface area (Å²) in [5.41, 5.74) is 2.46. The minimum absolute atomic E-state index is 0.217. The Morgan fingerprint density at radius 1 is 1.07 bits per heavy atom. The molecule has 5 aromatic rings. The predicted molar refractivity (Wildman–Crippen MR) is 111 cm³/mol. The summed E-state index contributed by atoms with van der Waals surface area (Å²) in [5.74, 6) is 2.31. The van der Waals surface area contributed by atoms with Gasteiger partial charge in [0.25, 0.3) is 5.89 Å². The molecule has 1 N–H and O–H groups in total. The molecule has 1 unspecified atom stereocenters. The van der Waals surface area contributed by atoms with Crippen LogP contribution in [0.4, 0.5) is 5.82 Å². The van der Waals surface area contributed by atoms with Crippen molar-refractivity contribution in [3.05, 3.63) is 64.1 Å². The molecular formula is C19H14ClN7OS. The lowest BCUT2D eigenvalue weighted by Crippen LogP contribution is -2.11. The molecule has 0 spiro atoms. The first-order valence-electron chi connectivity index (χ1n) is 8.78. The van der Waals surface area contributed by atoms with Gasteiger partial charge in [0.1, 0.15) is 5.82 Å². The predicted octanol–water partition coefficient (Wildman–Crippen LogP) is 4.73. The fourth-order valence-corrected chi connectivity index (χ4v) is 3.60. The van der Waals surface area contributed by atoms with Gasteiger partial charge in [0.2, 0.25) is 0 Å². The third-order valence-corrected chi connectivity index (χ3v) is 5.26. The molecule has 10 heteroatoms. The first-order chi connectivity index (χ1) is 14.2. The van der Waals surface area contributed by atoms with Crippen LogP contribution in [0.2, 0.25) is 5.02 Å². The van der Waals surface area contributed by atoms with Crippen LogP contribution in [-0.2, 0) is 0 Å². The van der Waals surface area contributed by atoms with Crippen molar-refractivity contribution >= 4 is 34.4 Å². The molecule has 4 heterocycles. The van der Waals surface area contributed by atoms with Gasteiger partial charge in [-0.15, -0.1) is 15.3 Å². The topological polar surface area (TPSA) is 94.0 Å². The Morgan fingerprint density at radius 3 is 2.72 bits per heavy atom. The van der Waals surface area contributed by atoms with E-state index in [-0.39, 0.29) is 6.04 Å². The lowest BCUT2D eigenvalue weighted by Gasteiger charge is -2.10. The molecule has 0 aliphatic rings. The van der Waals surface area contributed by atoms with Gasteiger partial charge in [-0.2, -0.15) is 20.8 Å². The highest BCUT2D eigenvalue weighted by Gasteiger charge is 2.16. The fourth-order valence-electron chi connectivity index (χ4n) is 2.84. The molecule has 0 aliphatic carbocycles. The van der Waals surface area contributed by atoms with E-state index in [4.69, 9.17) is 16.1 Å². The van der Waals surface area contributed by atoms with E-state index < -0.39 is 0 Å². The molecule has 0 amide bonds. The lowest BCUT2D eigenvalue weighted by atomic mass is 10.2. The minimum Gasteiger partial charge on any atom is -0.359 e. The van der Waals surface area contributed by atoms with Crippen molar-refractivity contribution in [1.29, 1.82) is 0 Å². The van der Waals surface area contributed by atoms with Crippen molar-refractivity contribution in [2.75, 3.05) is 5.32 Å². The van der Waals surface area contributed by atoms with Crippen LogP contribution in [-0.4, -0.2) is 30.0 Å². The number of rotatable bonds is 5. The number of nitrogens with one attached hydrogen (secondary N) is 1. The van der Waals surface area contributed by atoms with Gasteiger partial charge in [-0.3, -0.25) is 0 Å². The monoisotopic (exact) mass is 423 g/mol. The molecule has 0 saturated carbocycles. The molecule has 144 valence electrons. The first kappa shape index (κ1) is 17.8. The van der Waals surface area contributed by atoms with Crippen LogP contribution in [0.3, 0.4) is 0 Å². The number of aromatic nitrogens is 6. The van der Waals surface area contributed by atoms with Crippen molar-refractivity contribution in [3.63, 3.8) is 0 Å². The lowest BCUT2D eigenvalue weighted by molar-refractivity contribution is 0.419. The zero-order valence-corrected chi connectivity index (χ0v) is 16.7. The maximum atomic E-state index is 5.93. The Bertz CT molecular complexity index is 1260. The van der Waals surface area contributed by atoms with E-state index in [9.17, 15) is 0 Å². The smallest absolute Gasteiger partial charge is 0.257 e. The number of thiophene rings is 1. The van der Waals surface area contributed by atoms with Gasteiger partial charge in [0.15, 0.2) is 17.3 Å². The summed E-state index contributed by atoms with van der Waals surface area (Å²) in [6.07, 6.45) is 0. The van der Waals surface area contributed by atoms with Crippen LogP contribution in [0.1, 0.15) is 18.8 Å². The van der Waals surface area contributed by atoms with E-state index in [0.29, 0.717) is 34.0 Å². The molecule has 29 heavy (non-hydrogen) atoms. The molecule has 0 radical (unpaired) electrons. The number of fused-ring (bicyclic) bond motifs is 1. The van der Waals surface area contributed by atoms with Crippen LogP contribution in [0.15, 0.2) is 57.7 Å². The van der Waals surface area contributed by atoms with E-state index in [2.05, 4.69) is 30.8 Å². The molecular weight excluding hydrogens is 410 g/mol. The summed E-state index contributed by atoms with van der Waals surface area (Å²) < 4.78 is 7.10. The molecule has 0 bridgehead atoms. The Hall–Kier alpha value is -3.30. The SMILES string of the molecule is CC(Nc1ccc2nnc(-c3ccsc3)n2n1)c1noc(-c2ccc(Cl)cc2)n1. The van der Waals surface area contributed by atoms with Crippen LogP contribution in [0, 0.1) is 0 Å². The molecule has 1 atom stereocenters. The van der Waals surface area contributed by atoms with Crippen molar-refractivity contribution in [3.8, 4) is 22.8 Å². The van der Waals surface area contributed by atoms with Gasteiger partial charge in [-0.1, -0.05) is 16.8 Å². The number of halogens is 1. The summed E-state index contributed by atoms with van der Waals surface area (Å²) in [6.45, 7) is 1.94. The van der Waals surface area contributed by atoms with Gasteiger partial charge in [-0.05, 0) is 54.8 Å². The quantitative estimate of drug-likeness (QED) is 0.436. The molecule has 5 rings (SSSR count). The van der Waals surface area contributed by atoms with Crippen LogP contribution in [0.5, 0.6) is 0 Å². The highest BCUT2D eigenvalue weighted by Crippen LogP contribution is 2.24. The summed E-state index contributed by atoms with van der Waals surface area (Å²) in [6, 6.07) is 12.7. The van der Waals surface area contributed by atoms with Crippen LogP contribution < -0.4 is 5.32 Å². The number of hydrogen-bond donors (Lipinski definition) is 1. The highest BCUT2D eigenvalue weighted by atomic mass is 35.5. The van der Waals surface area contributed by atoms with Crippen molar-refractivity contribution in [1.82, 2.24) is 30.0 Å². The summed E-state index contributed by atoms with van der Waals surface area (Å²) in [7, 11) is 0. The van der Waals surface area contributed by atoms with Gasteiger partial charge in [-0.25, -0.2) is 0 Å². The van der Waals surface area contributed by atoms with Crippen molar-refractivity contribution in [2.45, 2.75) is 13.0 Å². The second-order valence-corrected chi connectivity index (χ2v) is 7.57. The molecule has 0 saturated heterocycles. The van der Waals surface area contributed by atoms with Crippen molar-refractivity contribution < 1.29 is 4.52 Å². The minimum atomic E-state index is -0.217. The average Bonchev–Trinajstić information content (AvgIpc) is 3.48. The Balaban J connectivity index is 1.39. The third-order valence-electron chi connectivity index (χ3n) is 4.33. The molecule has 1 aromatic carbocycles. The van der Waals surface area contributed by atoms with Gasteiger partial charge in [0, 0.05) is 21.5 Å². The molecule has 4 aromatic heterocycles. The first-order valence-corrected chi connectivity index (χ1v) is 10.1. The maximum absolute atomic E-state index is 5.93. The Labute approximate surface area is 174 Å². The maximum Gasteiger partial charge on any atom is 0.257 e. The summed E-state index contributed by atoms with van der Waals surface area (Å²) in [5, 5.41) is 25.1. The van der Waals surface area contributed by atoms with E-state index in [1.165, 1.54) is 0 Å². The largest absolute Gasteiger partial charge is 0.359 e. The highest BCUT2D eigenvalue weighted by molar-refractivity contribution is 7.08. The Kier molecular flexibility index (Phi) is 4.45. The third kappa shape index (κ3) is 3.45. The molecule has 0 aliphatic heterocycles. The number of hydrogen-bond acceptors (Lipinski definition) is 8.